The monoisotopic (exact) mass is 293 g/mol. The minimum atomic E-state index is -0.173. The zero-order chi connectivity index (χ0) is 12.5. The zero-order valence-electron chi connectivity index (χ0n) is 10.0. The van der Waals surface area contributed by atoms with Crippen LogP contribution in [0.3, 0.4) is 0 Å². The van der Waals surface area contributed by atoms with Crippen molar-refractivity contribution in [3.63, 3.8) is 0 Å². The fourth-order valence-electron chi connectivity index (χ4n) is 1.76. The molecule has 0 aliphatic heterocycles. The van der Waals surface area contributed by atoms with Crippen molar-refractivity contribution < 1.29 is 0 Å². The van der Waals surface area contributed by atoms with Crippen LogP contribution >= 0.6 is 15.9 Å². The molecule has 17 heavy (non-hydrogen) atoms. The highest BCUT2D eigenvalue weighted by atomic mass is 79.9. The second-order valence-corrected chi connectivity index (χ2v) is 5.71. The first-order valence-electron chi connectivity index (χ1n) is 5.53. The second-order valence-electron chi connectivity index (χ2n) is 4.90. The molecule has 0 bridgehead atoms. The summed E-state index contributed by atoms with van der Waals surface area (Å²) in [6.45, 7) is 4.07. The highest BCUT2D eigenvalue weighted by Crippen LogP contribution is 2.17. The van der Waals surface area contributed by atoms with Gasteiger partial charge in [-0.3, -0.25) is 0 Å². The fraction of sp³-hybridized carbons (Fsp3) is 0.308. The van der Waals surface area contributed by atoms with Crippen LogP contribution in [0.25, 0.3) is 5.69 Å². The minimum Gasteiger partial charge on any atom is -0.325 e. The lowest BCUT2D eigenvalue weighted by molar-refractivity contribution is 0.517. The predicted molar refractivity (Wildman–Crippen MR) is 73.2 cm³/mol. The second kappa shape index (κ2) is 4.63. The van der Waals surface area contributed by atoms with Crippen LogP contribution in [-0.4, -0.2) is 15.3 Å². The predicted octanol–water partition coefficient (Wildman–Crippen LogP) is 2.91. The van der Waals surface area contributed by atoms with E-state index in [0.29, 0.717) is 0 Å². The van der Waals surface area contributed by atoms with E-state index in [2.05, 4.69) is 45.3 Å². The van der Waals surface area contributed by atoms with Crippen LogP contribution in [0, 0.1) is 0 Å². The van der Waals surface area contributed by atoms with Gasteiger partial charge in [-0.15, -0.1) is 0 Å². The van der Waals surface area contributed by atoms with Gasteiger partial charge in [0.1, 0.15) is 4.60 Å². The van der Waals surface area contributed by atoms with Crippen molar-refractivity contribution in [2.24, 2.45) is 5.73 Å². The molecule has 90 valence electrons. The van der Waals surface area contributed by atoms with Gasteiger partial charge in [0.15, 0.2) is 0 Å². The maximum absolute atomic E-state index is 6.00. The number of hydrogen-bond donors (Lipinski definition) is 1. The van der Waals surface area contributed by atoms with Crippen molar-refractivity contribution in [1.82, 2.24) is 9.78 Å². The van der Waals surface area contributed by atoms with Crippen LogP contribution in [0.1, 0.15) is 19.4 Å². The van der Waals surface area contributed by atoms with Gasteiger partial charge in [0.25, 0.3) is 0 Å². The van der Waals surface area contributed by atoms with E-state index in [4.69, 9.17) is 5.73 Å². The lowest BCUT2D eigenvalue weighted by Gasteiger charge is -2.18. The van der Waals surface area contributed by atoms with Crippen molar-refractivity contribution in [1.29, 1.82) is 0 Å². The standard InChI is InChI=1S/C13H16BrN3/c1-13(2,15)9-10-3-5-11(6-4-10)17-12(14)7-8-16-17/h3-8H,9,15H2,1-2H3. The van der Waals surface area contributed by atoms with Gasteiger partial charge in [0.05, 0.1) is 11.9 Å². The number of rotatable bonds is 3. The minimum absolute atomic E-state index is 0.173. The molecule has 1 aromatic heterocycles. The SMILES string of the molecule is CC(C)(N)Cc1ccc(-n2nccc2Br)cc1. The Morgan fingerprint density at radius 1 is 1.24 bits per heavy atom. The van der Waals surface area contributed by atoms with Crippen LogP contribution in [-0.2, 0) is 6.42 Å². The van der Waals surface area contributed by atoms with Crippen LogP contribution in [0.2, 0.25) is 0 Å². The third-order valence-electron chi connectivity index (χ3n) is 2.44. The summed E-state index contributed by atoms with van der Waals surface area (Å²) in [5.41, 5.74) is 8.11. The van der Waals surface area contributed by atoms with E-state index in [1.165, 1.54) is 5.56 Å². The van der Waals surface area contributed by atoms with Crippen LogP contribution in [0.15, 0.2) is 41.1 Å². The largest absolute Gasteiger partial charge is 0.325 e. The molecule has 2 aromatic rings. The van der Waals surface area contributed by atoms with Gasteiger partial charge in [-0.2, -0.15) is 5.10 Å². The number of benzene rings is 1. The Morgan fingerprint density at radius 3 is 2.35 bits per heavy atom. The summed E-state index contributed by atoms with van der Waals surface area (Å²) < 4.78 is 2.79. The maximum atomic E-state index is 6.00. The van der Waals surface area contributed by atoms with Gasteiger partial charge in [-0.1, -0.05) is 12.1 Å². The molecule has 2 rings (SSSR count). The highest BCUT2D eigenvalue weighted by molar-refractivity contribution is 9.10. The third-order valence-corrected chi connectivity index (χ3v) is 3.04. The molecule has 4 heteroatoms. The molecule has 2 N–H and O–H groups in total. The molecule has 0 spiro atoms. The topological polar surface area (TPSA) is 43.8 Å². The summed E-state index contributed by atoms with van der Waals surface area (Å²) in [5, 5.41) is 4.24. The number of halogens is 1. The Kier molecular flexibility index (Phi) is 3.35. The summed E-state index contributed by atoms with van der Waals surface area (Å²) in [7, 11) is 0. The number of nitrogens with zero attached hydrogens (tertiary/aromatic N) is 2. The summed E-state index contributed by atoms with van der Waals surface area (Å²) >= 11 is 3.45. The Balaban J connectivity index is 2.22. The van der Waals surface area contributed by atoms with Gasteiger partial charge in [0, 0.05) is 5.54 Å². The summed E-state index contributed by atoms with van der Waals surface area (Å²) in [4.78, 5) is 0. The number of aromatic nitrogens is 2. The summed E-state index contributed by atoms with van der Waals surface area (Å²) in [5.74, 6) is 0. The molecule has 0 saturated carbocycles. The average molecular weight is 294 g/mol. The maximum Gasteiger partial charge on any atom is 0.109 e. The molecule has 0 amide bonds. The number of nitrogens with two attached hydrogens (primary N) is 1. The molecule has 0 radical (unpaired) electrons. The fourth-order valence-corrected chi connectivity index (χ4v) is 2.17. The Morgan fingerprint density at radius 2 is 1.88 bits per heavy atom. The third kappa shape index (κ3) is 3.17. The van der Waals surface area contributed by atoms with Crippen molar-refractivity contribution in [2.45, 2.75) is 25.8 Å². The van der Waals surface area contributed by atoms with Crippen LogP contribution < -0.4 is 5.73 Å². The van der Waals surface area contributed by atoms with Gasteiger partial charge >= 0.3 is 0 Å². The van der Waals surface area contributed by atoms with Crippen molar-refractivity contribution in [2.75, 3.05) is 0 Å². The van der Waals surface area contributed by atoms with Crippen molar-refractivity contribution in [3.8, 4) is 5.69 Å². The first kappa shape index (κ1) is 12.3. The average Bonchev–Trinajstić information content (AvgIpc) is 2.63. The first-order chi connectivity index (χ1) is 7.96. The lowest BCUT2D eigenvalue weighted by Crippen LogP contribution is -2.34. The Hall–Kier alpha value is -1.13. The van der Waals surface area contributed by atoms with Gasteiger partial charge in [-0.05, 0) is 60.0 Å². The highest BCUT2D eigenvalue weighted by Gasteiger charge is 2.11. The molecular weight excluding hydrogens is 278 g/mol. The van der Waals surface area contributed by atoms with E-state index >= 15 is 0 Å². The quantitative estimate of drug-likeness (QED) is 0.946. The van der Waals surface area contributed by atoms with Crippen molar-refractivity contribution >= 4 is 15.9 Å². The first-order valence-corrected chi connectivity index (χ1v) is 6.33. The van der Waals surface area contributed by atoms with Crippen LogP contribution in [0.5, 0.6) is 0 Å². The van der Waals surface area contributed by atoms with E-state index in [1.54, 1.807) is 6.20 Å². The van der Waals surface area contributed by atoms with Gasteiger partial charge < -0.3 is 5.73 Å². The summed E-state index contributed by atoms with van der Waals surface area (Å²) in [6.07, 6.45) is 2.63. The molecule has 0 fully saturated rings. The molecule has 0 aliphatic rings. The molecule has 0 atom stereocenters. The van der Waals surface area contributed by atoms with E-state index in [0.717, 1.165) is 16.7 Å². The van der Waals surface area contributed by atoms with E-state index in [1.807, 2.05) is 24.6 Å². The molecule has 1 heterocycles. The van der Waals surface area contributed by atoms with Gasteiger partial charge in [0.2, 0.25) is 0 Å². The normalized spacial score (nSPS) is 11.8. The molecule has 0 unspecified atom stereocenters. The van der Waals surface area contributed by atoms with E-state index in [-0.39, 0.29) is 5.54 Å². The summed E-state index contributed by atoms with van der Waals surface area (Å²) in [6, 6.07) is 10.2. The smallest absolute Gasteiger partial charge is 0.109 e. The van der Waals surface area contributed by atoms with Crippen molar-refractivity contribution in [3.05, 3.63) is 46.7 Å². The van der Waals surface area contributed by atoms with E-state index in [9.17, 15) is 0 Å². The zero-order valence-corrected chi connectivity index (χ0v) is 11.6. The number of hydrogen-bond acceptors (Lipinski definition) is 2. The molecule has 1 aromatic carbocycles. The Bertz CT molecular complexity index is 494. The van der Waals surface area contributed by atoms with E-state index < -0.39 is 0 Å². The lowest BCUT2D eigenvalue weighted by atomic mass is 9.96. The van der Waals surface area contributed by atoms with Crippen LogP contribution in [0.4, 0.5) is 0 Å². The molecule has 3 nitrogen and oxygen atoms in total. The Labute approximate surface area is 110 Å². The molecule has 0 saturated heterocycles. The molecular formula is C13H16BrN3. The van der Waals surface area contributed by atoms with Gasteiger partial charge in [-0.25, -0.2) is 4.68 Å². The molecule has 0 aliphatic carbocycles.